The van der Waals surface area contributed by atoms with Gasteiger partial charge in [0, 0.05) is 0 Å². The molecule has 0 saturated carbocycles. The fourth-order valence-corrected chi connectivity index (χ4v) is 5.74. The second-order valence-corrected chi connectivity index (χ2v) is 11.9. The highest BCUT2D eigenvalue weighted by Gasteiger charge is 2.07. The van der Waals surface area contributed by atoms with Crippen LogP contribution in [0.2, 0.25) is 0 Å². The molecule has 41 heavy (non-hydrogen) atoms. The summed E-state index contributed by atoms with van der Waals surface area (Å²) >= 11 is 4.40. The molecule has 0 N–H and O–H groups in total. The van der Waals surface area contributed by atoms with Crippen molar-refractivity contribution >= 4 is 53.5 Å². The maximum Gasteiger partial charge on any atom is 0.196 e. The lowest BCUT2D eigenvalue weighted by atomic mass is 10.1. The molecule has 0 radical (unpaired) electrons. The second-order valence-electron chi connectivity index (χ2n) is 9.25. The van der Waals surface area contributed by atoms with E-state index in [4.69, 9.17) is 24.4 Å². The Morgan fingerprint density at radius 2 is 0.878 bits per heavy atom. The molecule has 0 atom stereocenters. The first kappa shape index (κ1) is 30.5. The van der Waals surface area contributed by atoms with E-state index < -0.39 is 0 Å². The Balaban J connectivity index is 1.53. The molecule has 210 valence electrons. The van der Waals surface area contributed by atoms with Crippen LogP contribution < -0.4 is 9.47 Å². The third-order valence-electron chi connectivity index (χ3n) is 6.35. The zero-order valence-electron chi connectivity index (χ0n) is 24.0. The molecule has 4 rings (SSSR count). The first-order valence-corrected chi connectivity index (χ1v) is 15.6. The largest absolute Gasteiger partial charge is 0.493 e. The first-order chi connectivity index (χ1) is 19.8. The van der Waals surface area contributed by atoms with E-state index in [0.29, 0.717) is 27.0 Å². The molecule has 0 aliphatic rings. The van der Waals surface area contributed by atoms with Crippen molar-refractivity contribution in [1.82, 2.24) is 15.0 Å². The third kappa shape index (κ3) is 9.01. The number of aryl methyl sites for hydroxylation is 4. The fraction of sp³-hybridized carbons (Fsp3) is 0.182. The van der Waals surface area contributed by atoms with Crippen molar-refractivity contribution in [3.8, 4) is 11.5 Å². The summed E-state index contributed by atoms with van der Waals surface area (Å²) in [5, 5.41) is 7.92. The molecule has 5 nitrogen and oxygen atoms in total. The number of benzene rings is 3. The molecule has 0 aliphatic heterocycles. The van der Waals surface area contributed by atoms with Crippen LogP contribution >= 0.6 is 35.3 Å². The molecule has 0 saturated heterocycles. The summed E-state index contributed by atoms with van der Waals surface area (Å²) in [7, 11) is 3.26. The number of ether oxygens (including phenoxy) is 2. The van der Waals surface area contributed by atoms with Gasteiger partial charge < -0.3 is 9.47 Å². The number of hydrogen-bond donors (Lipinski definition) is 0. The SMILES string of the molecule is COc1ccc(C=CSc2nc(SC=Cc3ccc(C)c(C)c3)nc(SC=Cc3ccc(C)c(C)c3)n2)cc1OC. The van der Waals surface area contributed by atoms with Gasteiger partial charge in [-0.2, -0.15) is 15.0 Å². The average Bonchev–Trinajstić information content (AvgIpc) is 2.96. The van der Waals surface area contributed by atoms with Crippen molar-refractivity contribution < 1.29 is 9.47 Å². The molecule has 4 aromatic rings. The van der Waals surface area contributed by atoms with Crippen molar-refractivity contribution in [3.05, 3.63) is 110 Å². The van der Waals surface area contributed by atoms with Gasteiger partial charge >= 0.3 is 0 Å². The predicted octanol–water partition coefficient (Wildman–Crippen LogP) is 9.41. The Morgan fingerprint density at radius 3 is 1.27 bits per heavy atom. The lowest BCUT2D eigenvalue weighted by Gasteiger charge is -2.07. The van der Waals surface area contributed by atoms with E-state index in [2.05, 4.69) is 76.2 Å². The van der Waals surface area contributed by atoms with E-state index >= 15 is 0 Å². The molecular formula is C33H33N3O2S3. The van der Waals surface area contributed by atoms with Crippen molar-refractivity contribution in [2.45, 2.75) is 43.2 Å². The normalized spacial score (nSPS) is 11.7. The third-order valence-corrected chi connectivity index (χ3v) is 8.34. The maximum absolute atomic E-state index is 5.42. The number of thioether (sulfide) groups is 3. The molecule has 1 heterocycles. The van der Waals surface area contributed by atoms with Crippen molar-refractivity contribution in [1.29, 1.82) is 0 Å². The highest BCUT2D eigenvalue weighted by Crippen LogP contribution is 2.30. The van der Waals surface area contributed by atoms with E-state index in [-0.39, 0.29) is 0 Å². The monoisotopic (exact) mass is 599 g/mol. The van der Waals surface area contributed by atoms with Crippen LogP contribution in [0.25, 0.3) is 18.2 Å². The molecule has 0 amide bonds. The van der Waals surface area contributed by atoms with Gasteiger partial charge in [0.1, 0.15) is 0 Å². The number of hydrogen-bond acceptors (Lipinski definition) is 8. The van der Waals surface area contributed by atoms with Gasteiger partial charge in [0.05, 0.1) is 14.2 Å². The molecule has 3 aromatic carbocycles. The molecule has 1 aromatic heterocycles. The molecule has 0 bridgehead atoms. The van der Waals surface area contributed by atoms with Gasteiger partial charge in [-0.3, -0.25) is 0 Å². The lowest BCUT2D eigenvalue weighted by Crippen LogP contribution is -1.95. The minimum absolute atomic E-state index is 0.626. The maximum atomic E-state index is 5.42. The average molecular weight is 600 g/mol. The summed E-state index contributed by atoms with van der Waals surface area (Å²) in [6.45, 7) is 8.49. The Morgan fingerprint density at radius 1 is 0.488 bits per heavy atom. The minimum atomic E-state index is 0.626. The Kier molecular flexibility index (Phi) is 11.1. The molecular weight excluding hydrogens is 567 g/mol. The topological polar surface area (TPSA) is 57.1 Å². The molecule has 0 fully saturated rings. The van der Waals surface area contributed by atoms with Crippen LogP contribution in [0.5, 0.6) is 11.5 Å². The lowest BCUT2D eigenvalue weighted by molar-refractivity contribution is 0.355. The summed E-state index contributed by atoms with van der Waals surface area (Å²) in [5.41, 5.74) is 8.39. The Bertz CT molecular complexity index is 1520. The van der Waals surface area contributed by atoms with Crippen molar-refractivity contribution in [2.75, 3.05) is 14.2 Å². The standard InChI is InChI=1S/C33H33N3O2S3/c1-22-7-9-26(19-24(22)3)13-16-39-31-34-32(40-17-14-27-10-8-23(2)25(4)20-27)36-33(35-31)41-18-15-28-11-12-29(37-5)30(21-28)38-6/h7-21H,1-6H3. The number of aromatic nitrogens is 3. The zero-order chi connectivity index (χ0) is 29.2. The van der Waals surface area contributed by atoms with Gasteiger partial charge in [-0.25, -0.2) is 0 Å². The van der Waals surface area contributed by atoms with Crippen molar-refractivity contribution in [2.24, 2.45) is 0 Å². The van der Waals surface area contributed by atoms with E-state index in [1.165, 1.54) is 57.5 Å². The summed E-state index contributed by atoms with van der Waals surface area (Å²) in [6.07, 6.45) is 6.16. The summed E-state index contributed by atoms with van der Waals surface area (Å²) in [6, 6.07) is 18.7. The second kappa shape index (κ2) is 15.0. The van der Waals surface area contributed by atoms with E-state index in [9.17, 15) is 0 Å². The van der Waals surface area contributed by atoms with Gasteiger partial charge in [0.15, 0.2) is 27.0 Å². The van der Waals surface area contributed by atoms with Crippen LogP contribution in [-0.2, 0) is 0 Å². The predicted molar refractivity (Wildman–Crippen MR) is 176 cm³/mol. The number of nitrogens with zero attached hydrogens (tertiary/aromatic N) is 3. The van der Waals surface area contributed by atoms with Crippen LogP contribution in [-0.4, -0.2) is 29.2 Å². The molecule has 0 aliphatic carbocycles. The Hall–Kier alpha value is -3.46. The van der Waals surface area contributed by atoms with Crippen LogP contribution in [0.4, 0.5) is 0 Å². The molecule has 0 spiro atoms. The minimum Gasteiger partial charge on any atom is -0.493 e. The summed E-state index contributed by atoms with van der Waals surface area (Å²) < 4.78 is 10.8. The van der Waals surface area contributed by atoms with Crippen LogP contribution in [0.3, 0.4) is 0 Å². The molecule has 0 unspecified atom stereocenters. The summed E-state index contributed by atoms with van der Waals surface area (Å²) in [4.78, 5) is 14.1. The Labute approximate surface area is 255 Å². The highest BCUT2D eigenvalue weighted by atomic mass is 32.2. The van der Waals surface area contributed by atoms with E-state index in [1.807, 2.05) is 40.5 Å². The van der Waals surface area contributed by atoms with E-state index in [1.54, 1.807) is 14.2 Å². The van der Waals surface area contributed by atoms with Crippen LogP contribution in [0.15, 0.2) is 86.3 Å². The highest BCUT2D eigenvalue weighted by molar-refractivity contribution is 8.03. The van der Waals surface area contributed by atoms with Gasteiger partial charge in [-0.15, -0.1) is 0 Å². The number of methoxy groups -OCH3 is 2. The van der Waals surface area contributed by atoms with Gasteiger partial charge in [0.2, 0.25) is 0 Å². The van der Waals surface area contributed by atoms with E-state index in [0.717, 1.165) is 16.7 Å². The quantitative estimate of drug-likeness (QED) is 0.158. The van der Waals surface area contributed by atoms with Gasteiger partial charge in [0.25, 0.3) is 0 Å². The van der Waals surface area contributed by atoms with Crippen molar-refractivity contribution in [3.63, 3.8) is 0 Å². The fourth-order valence-electron chi connectivity index (χ4n) is 3.69. The first-order valence-electron chi connectivity index (χ1n) is 13.0. The molecule has 8 heteroatoms. The van der Waals surface area contributed by atoms with Gasteiger partial charge in [-0.1, -0.05) is 77.8 Å². The summed E-state index contributed by atoms with van der Waals surface area (Å²) in [5.74, 6) is 1.38. The van der Waals surface area contributed by atoms with Crippen LogP contribution in [0.1, 0.15) is 38.9 Å². The van der Waals surface area contributed by atoms with Gasteiger partial charge in [-0.05, 0) is 113 Å². The number of rotatable bonds is 11. The zero-order valence-corrected chi connectivity index (χ0v) is 26.5. The smallest absolute Gasteiger partial charge is 0.196 e. The van der Waals surface area contributed by atoms with Crippen LogP contribution in [0, 0.1) is 27.7 Å².